The van der Waals surface area contributed by atoms with E-state index in [0.29, 0.717) is 18.4 Å². The van der Waals surface area contributed by atoms with Crippen LogP contribution in [0.5, 0.6) is 0 Å². The number of allylic oxidation sites excluding steroid dienone is 2. The lowest BCUT2D eigenvalue weighted by Gasteiger charge is -2.32. The van der Waals surface area contributed by atoms with E-state index in [9.17, 15) is 19.8 Å². The molecule has 1 unspecified atom stereocenters. The van der Waals surface area contributed by atoms with Crippen molar-refractivity contribution in [2.45, 2.75) is 90.6 Å². The molecular formula is C25H36O7. The van der Waals surface area contributed by atoms with E-state index in [1.54, 1.807) is 6.08 Å². The summed E-state index contributed by atoms with van der Waals surface area (Å²) in [5.74, 6) is -2.33. The lowest BCUT2D eigenvalue weighted by Crippen LogP contribution is -2.39. The van der Waals surface area contributed by atoms with Crippen molar-refractivity contribution < 1.29 is 34.0 Å². The third-order valence-electron chi connectivity index (χ3n) is 6.65. The first kappa shape index (κ1) is 24.7. The number of esters is 2. The molecule has 3 heterocycles. The number of carbonyl (C=O) groups excluding carboxylic acids is 2. The summed E-state index contributed by atoms with van der Waals surface area (Å²) in [5, 5.41) is 21.8. The molecule has 32 heavy (non-hydrogen) atoms. The van der Waals surface area contributed by atoms with Crippen molar-refractivity contribution in [3.05, 3.63) is 34.6 Å². The highest BCUT2D eigenvalue weighted by atomic mass is 16.6. The molecular weight excluding hydrogens is 412 g/mol. The number of carbonyl (C=O) groups is 2. The molecule has 2 N–H and O–H groups in total. The SMILES string of the molecule is CC(C)=CCCC(C)CC(=O)OCC1=C2/C(=C\[C@@]3(C)CC[C@@](O)(O3)[C@H](C)C[C@@H]2O)OC1=O. The van der Waals surface area contributed by atoms with Gasteiger partial charge in [0.1, 0.15) is 12.4 Å². The molecule has 1 saturated heterocycles. The molecule has 178 valence electrons. The van der Waals surface area contributed by atoms with Crippen molar-refractivity contribution in [1.29, 1.82) is 0 Å². The van der Waals surface area contributed by atoms with Gasteiger partial charge in [-0.15, -0.1) is 0 Å². The largest absolute Gasteiger partial charge is 0.460 e. The summed E-state index contributed by atoms with van der Waals surface area (Å²) in [5.41, 5.74) is 0.905. The van der Waals surface area contributed by atoms with Gasteiger partial charge in [-0.05, 0) is 58.4 Å². The van der Waals surface area contributed by atoms with E-state index in [1.807, 2.05) is 34.6 Å². The molecule has 0 aromatic rings. The zero-order valence-electron chi connectivity index (χ0n) is 19.8. The normalized spacial score (nSPS) is 34.5. The number of ether oxygens (including phenoxy) is 3. The summed E-state index contributed by atoms with van der Waals surface area (Å²) in [6.45, 7) is 9.47. The van der Waals surface area contributed by atoms with Crippen LogP contribution in [0.4, 0.5) is 0 Å². The van der Waals surface area contributed by atoms with Crippen LogP contribution >= 0.6 is 0 Å². The zero-order valence-corrected chi connectivity index (χ0v) is 19.8. The van der Waals surface area contributed by atoms with Gasteiger partial charge in [-0.2, -0.15) is 0 Å². The maximum absolute atomic E-state index is 12.6. The van der Waals surface area contributed by atoms with Crippen molar-refractivity contribution in [3.63, 3.8) is 0 Å². The maximum Gasteiger partial charge on any atom is 0.343 e. The van der Waals surface area contributed by atoms with Crippen LogP contribution < -0.4 is 0 Å². The molecule has 3 aliphatic heterocycles. The van der Waals surface area contributed by atoms with E-state index in [2.05, 4.69) is 6.08 Å². The van der Waals surface area contributed by atoms with Crippen LogP contribution in [0.25, 0.3) is 0 Å². The molecule has 0 saturated carbocycles. The molecule has 2 bridgehead atoms. The van der Waals surface area contributed by atoms with Crippen LogP contribution in [0.2, 0.25) is 0 Å². The fraction of sp³-hybridized carbons (Fsp3) is 0.680. The summed E-state index contributed by atoms with van der Waals surface area (Å²) in [6, 6.07) is 0. The smallest absolute Gasteiger partial charge is 0.343 e. The van der Waals surface area contributed by atoms with E-state index >= 15 is 0 Å². The van der Waals surface area contributed by atoms with Gasteiger partial charge in [0.05, 0.1) is 17.3 Å². The van der Waals surface area contributed by atoms with Gasteiger partial charge < -0.3 is 24.4 Å². The Morgan fingerprint density at radius 3 is 2.78 bits per heavy atom. The van der Waals surface area contributed by atoms with E-state index in [-0.39, 0.29) is 48.6 Å². The van der Waals surface area contributed by atoms with Crippen molar-refractivity contribution in [2.75, 3.05) is 6.61 Å². The van der Waals surface area contributed by atoms with Gasteiger partial charge >= 0.3 is 11.9 Å². The number of fused-ring (bicyclic) bond motifs is 3. The second-order valence-corrected chi connectivity index (χ2v) is 10.0. The van der Waals surface area contributed by atoms with E-state index in [4.69, 9.17) is 14.2 Å². The molecule has 0 aromatic carbocycles. The fourth-order valence-corrected chi connectivity index (χ4v) is 4.63. The number of hydrogen-bond acceptors (Lipinski definition) is 7. The Labute approximate surface area is 190 Å². The zero-order chi connectivity index (χ0) is 23.7. The number of aliphatic hydroxyl groups excluding tert-OH is 1. The highest BCUT2D eigenvalue weighted by molar-refractivity contribution is 5.95. The third kappa shape index (κ3) is 5.50. The Morgan fingerprint density at radius 2 is 2.09 bits per heavy atom. The second kappa shape index (κ2) is 9.49. The Morgan fingerprint density at radius 1 is 1.38 bits per heavy atom. The lowest BCUT2D eigenvalue weighted by atomic mass is 9.86. The monoisotopic (exact) mass is 448 g/mol. The van der Waals surface area contributed by atoms with Crippen molar-refractivity contribution >= 4 is 11.9 Å². The minimum absolute atomic E-state index is 0.148. The Hall–Kier alpha value is -1.96. The molecule has 0 aliphatic carbocycles. The van der Waals surface area contributed by atoms with Gasteiger partial charge in [0.15, 0.2) is 5.79 Å². The summed E-state index contributed by atoms with van der Waals surface area (Å²) in [4.78, 5) is 24.9. The van der Waals surface area contributed by atoms with Gasteiger partial charge in [0.2, 0.25) is 0 Å². The van der Waals surface area contributed by atoms with E-state index < -0.39 is 23.5 Å². The Bertz CT molecular complexity index is 850. The molecule has 1 fully saturated rings. The molecule has 7 heteroatoms. The van der Waals surface area contributed by atoms with Gasteiger partial charge in [-0.25, -0.2) is 4.79 Å². The molecule has 3 rings (SSSR count). The van der Waals surface area contributed by atoms with Crippen molar-refractivity contribution in [2.24, 2.45) is 11.8 Å². The molecule has 0 aromatic heterocycles. The number of rotatable bonds is 7. The Kier molecular flexibility index (Phi) is 7.32. The van der Waals surface area contributed by atoms with Gasteiger partial charge in [-0.1, -0.05) is 25.5 Å². The average Bonchev–Trinajstić information content (AvgIpc) is 3.16. The molecule has 0 amide bonds. The van der Waals surface area contributed by atoms with E-state index in [0.717, 1.165) is 12.8 Å². The van der Waals surface area contributed by atoms with Crippen molar-refractivity contribution in [1.82, 2.24) is 0 Å². The fourth-order valence-electron chi connectivity index (χ4n) is 4.63. The van der Waals surface area contributed by atoms with Crippen LogP contribution in [0.3, 0.4) is 0 Å². The first-order valence-corrected chi connectivity index (χ1v) is 11.5. The Balaban J connectivity index is 1.73. The van der Waals surface area contributed by atoms with Crippen LogP contribution in [0, 0.1) is 11.8 Å². The van der Waals surface area contributed by atoms with Crippen LogP contribution in [-0.4, -0.2) is 46.3 Å². The topological polar surface area (TPSA) is 102 Å². The summed E-state index contributed by atoms with van der Waals surface area (Å²) in [7, 11) is 0. The average molecular weight is 449 g/mol. The highest BCUT2D eigenvalue weighted by Gasteiger charge is 2.51. The molecule has 0 spiro atoms. The third-order valence-corrected chi connectivity index (χ3v) is 6.65. The van der Waals surface area contributed by atoms with Gasteiger partial charge in [-0.3, -0.25) is 4.79 Å². The first-order valence-electron chi connectivity index (χ1n) is 11.5. The van der Waals surface area contributed by atoms with Crippen LogP contribution in [0.15, 0.2) is 34.6 Å². The maximum atomic E-state index is 12.6. The van der Waals surface area contributed by atoms with E-state index in [1.165, 1.54) is 5.57 Å². The predicted molar refractivity (Wildman–Crippen MR) is 118 cm³/mol. The van der Waals surface area contributed by atoms with Crippen molar-refractivity contribution in [3.8, 4) is 0 Å². The molecule has 7 nitrogen and oxygen atoms in total. The molecule has 5 atom stereocenters. The number of hydrogen-bond donors (Lipinski definition) is 2. The second-order valence-electron chi connectivity index (χ2n) is 10.0. The highest BCUT2D eigenvalue weighted by Crippen LogP contribution is 2.47. The predicted octanol–water partition coefficient (Wildman–Crippen LogP) is 3.70. The molecule has 3 aliphatic rings. The van der Waals surface area contributed by atoms with Crippen LogP contribution in [-0.2, 0) is 23.8 Å². The molecule has 0 radical (unpaired) electrons. The summed E-state index contributed by atoms with van der Waals surface area (Å²) in [6.07, 6.45) is 5.98. The first-order chi connectivity index (χ1) is 14.9. The number of aliphatic hydroxyl groups is 2. The van der Waals surface area contributed by atoms with Gasteiger partial charge in [0.25, 0.3) is 0 Å². The van der Waals surface area contributed by atoms with Gasteiger partial charge in [0, 0.05) is 24.3 Å². The van der Waals surface area contributed by atoms with Crippen LogP contribution in [0.1, 0.15) is 73.1 Å². The lowest BCUT2D eigenvalue weighted by molar-refractivity contribution is -0.238. The minimum atomic E-state index is -1.34. The standard InChI is InChI=1S/C25H36O7/c1-15(2)7-6-8-16(3)11-21(27)30-14-18-22-19(26)12-17(4)25(29)10-9-24(5,32-25)13-20(22)31-23(18)28/h7,13,16-17,19,26,29H,6,8-12,14H2,1-5H3/b20-13+/t16?,17-,19+,24-,25-/m1/s1. The summed E-state index contributed by atoms with van der Waals surface area (Å²) >= 11 is 0. The quantitative estimate of drug-likeness (QED) is 0.452. The minimum Gasteiger partial charge on any atom is -0.460 e. The summed E-state index contributed by atoms with van der Waals surface area (Å²) < 4.78 is 16.8.